The van der Waals surface area contributed by atoms with Crippen molar-refractivity contribution in [3.05, 3.63) is 54.2 Å². The van der Waals surface area contributed by atoms with Crippen LogP contribution in [0.25, 0.3) is 16.8 Å². The second kappa shape index (κ2) is 7.99. The summed E-state index contributed by atoms with van der Waals surface area (Å²) in [4.78, 5) is 18.5. The summed E-state index contributed by atoms with van der Waals surface area (Å²) < 4.78 is 47.3. The molecule has 1 amide bonds. The molecule has 1 aliphatic heterocycles. The molecule has 0 atom stereocenters. The quantitative estimate of drug-likeness (QED) is 0.529. The third kappa shape index (κ3) is 3.76. The van der Waals surface area contributed by atoms with E-state index in [0.29, 0.717) is 29.9 Å². The topological polar surface area (TPSA) is 50.8 Å². The minimum absolute atomic E-state index is 0. The van der Waals surface area contributed by atoms with Crippen LogP contribution in [0.15, 0.2) is 35.3 Å². The van der Waals surface area contributed by atoms with Crippen molar-refractivity contribution in [2.24, 2.45) is 0 Å². The third-order valence-corrected chi connectivity index (χ3v) is 4.81. The van der Waals surface area contributed by atoms with Gasteiger partial charge in [-0.2, -0.15) is 26.0 Å². The fraction of sp³-hybridized carbons (Fsp3) is 0.316. The van der Waals surface area contributed by atoms with Crippen LogP contribution < -0.4 is 0 Å². The summed E-state index contributed by atoms with van der Waals surface area (Å²) in [5.74, 6) is -0.331. The van der Waals surface area contributed by atoms with E-state index < -0.39 is 11.7 Å². The largest absolute Gasteiger partial charge is 0.472 e. The van der Waals surface area contributed by atoms with Crippen LogP contribution in [0.4, 0.5) is 13.2 Å². The number of rotatable bonds is 2. The van der Waals surface area contributed by atoms with E-state index in [1.807, 2.05) is 0 Å². The number of carbonyl (C=O) groups excluding carboxylic acids is 1. The molecule has 1 radical (unpaired) electrons. The molecule has 1 aliphatic rings. The summed E-state index contributed by atoms with van der Waals surface area (Å²) >= 11 is 0. The third-order valence-electron chi connectivity index (χ3n) is 4.81. The number of imidazole rings is 1. The predicted octanol–water partition coefficient (Wildman–Crippen LogP) is 4.36. The summed E-state index contributed by atoms with van der Waals surface area (Å²) in [6.07, 6.45) is 3.38. The van der Waals surface area contributed by atoms with Gasteiger partial charge >= 0.3 is 6.18 Å². The maximum Gasteiger partial charge on any atom is 0.420 e. The van der Waals surface area contributed by atoms with Gasteiger partial charge in [-0.3, -0.25) is 4.79 Å². The monoisotopic (exact) mass is 465 g/mol. The van der Waals surface area contributed by atoms with E-state index in [2.05, 4.69) is 11.4 Å². The molecule has 1 fully saturated rings. The van der Waals surface area contributed by atoms with Crippen LogP contribution >= 0.6 is 0 Å². The van der Waals surface area contributed by atoms with E-state index in [9.17, 15) is 18.0 Å². The molecule has 0 N–H and O–H groups in total. The maximum atomic E-state index is 13.7. The second-order valence-corrected chi connectivity index (χ2v) is 6.55. The maximum absolute atomic E-state index is 13.7. The van der Waals surface area contributed by atoms with Gasteiger partial charge in [-0.05, 0) is 32.1 Å². The summed E-state index contributed by atoms with van der Waals surface area (Å²) in [6, 6.07) is 2.63. The molecule has 28 heavy (non-hydrogen) atoms. The van der Waals surface area contributed by atoms with Crippen molar-refractivity contribution in [3.63, 3.8) is 0 Å². The minimum atomic E-state index is -4.60. The second-order valence-electron chi connectivity index (χ2n) is 6.55. The molecule has 0 saturated carbocycles. The molecule has 0 spiro atoms. The van der Waals surface area contributed by atoms with Gasteiger partial charge in [-0.1, -0.05) is 0 Å². The molecular weight excluding hydrogens is 448 g/mol. The first-order valence-corrected chi connectivity index (χ1v) is 8.59. The number of pyridine rings is 1. The molecule has 5 nitrogen and oxygen atoms in total. The van der Waals surface area contributed by atoms with Gasteiger partial charge in [0.1, 0.15) is 11.3 Å². The molecule has 4 heterocycles. The van der Waals surface area contributed by atoms with Crippen LogP contribution in [0.5, 0.6) is 0 Å². The van der Waals surface area contributed by atoms with Gasteiger partial charge in [0.15, 0.2) is 0 Å². The van der Waals surface area contributed by atoms with Crippen LogP contribution in [0.2, 0.25) is 0 Å². The van der Waals surface area contributed by atoms with E-state index in [1.54, 1.807) is 24.1 Å². The Bertz CT molecular complexity index is 990. The van der Waals surface area contributed by atoms with E-state index >= 15 is 0 Å². The van der Waals surface area contributed by atoms with Gasteiger partial charge in [-0.15, -0.1) is 0 Å². The Labute approximate surface area is 184 Å². The van der Waals surface area contributed by atoms with E-state index in [1.165, 1.54) is 16.9 Å². The zero-order valence-corrected chi connectivity index (χ0v) is 18.0. The Morgan fingerprint density at radius 3 is 2.57 bits per heavy atom. The first-order chi connectivity index (χ1) is 12.9. The Hall–Kier alpha value is -1.67. The summed E-state index contributed by atoms with van der Waals surface area (Å²) in [6.45, 7) is 2.72. The number of hydrogen-bond donors (Lipinski definition) is 0. The number of furan rings is 1. The van der Waals surface area contributed by atoms with Crippen molar-refractivity contribution < 1.29 is 55.1 Å². The van der Waals surface area contributed by atoms with Crippen molar-refractivity contribution in [1.29, 1.82) is 0 Å². The average molecular weight is 465 g/mol. The van der Waals surface area contributed by atoms with Crippen LogP contribution in [0, 0.1) is 13.3 Å². The number of carbonyl (C=O) groups is 1. The number of piperidine rings is 1. The zero-order valence-electron chi connectivity index (χ0n) is 15.2. The van der Waals surface area contributed by atoms with Gasteiger partial charge in [-0.25, -0.2) is 4.98 Å². The zero-order chi connectivity index (χ0) is 19.2. The van der Waals surface area contributed by atoms with Gasteiger partial charge in [0.2, 0.25) is 0 Å². The SMILES string of the molecule is Cc1c(C(=O)N2CC[CH-]CC2)nc2c(C(F)(F)F)cc(-c3ccoc3)cn12.[Y]. The number of nitrogens with zero attached hydrogens (tertiary/aromatic N) is 3. The van der Waals surface area contributed by atoms with Crippen LogP contribution in [-0.4, -0.2) is 33.3 Å². The first kappa shape index (κ1) is 21.1. The molecule has 0 unspecified atom stereocenters. The Balaban J connectivity index is 0.00000225. The summed E-state index contributed by atoms with van der Waals surface area (Å²) in [5, 5.41) is 0. The smallest absolute Gasteiger partial charge is 0.420 e. The normalized spacial score (nSPS) is 14.9. The molecule has 0 aliphatic carbocycles. The molecule has 1 saturated heterocycles. The first-order valence-electron chi connectivity index (χ1n) is 8.59. The number of halogens is 3. The number of likely N-dealkylation sites (tertiary alicyclic amines) is 1. The Morgan fingerprint density at radius 2 is 1.96 bits per heavy atom. The Morgan fingerprint density at radius 1 is 1.25 bits per heavy atom. The van der Waals surface area contributed by atoms with Crippen LogP contribution in [0.3, 0.4) is 0 Å². The molecule has 3 aromatic rings. The molecule has 145 valence electrons. The van der Waals surface area contributed by atoms with Gasteiger partial charge in [0.25, 0.3) is 5.91 Å². The fourth-order valence-corrected chi connectivity index (χ4v) is 3.36. The minimum Gasteiger partial charge on any atom is -0.472 e. The van der Waals surface area contributed by atoms with E-state index in [0.717, 1.165) is 18.9 Å². The molecule has 0 aromatic carbocycles. The molecule has 4 rings (SSSR count). The molecule has 3 aromatic heterocycles. The number of hydrogen-bond acceptors (Lipinski definition) is 3. The number of fused-ring (bicyclic) bond motifs is 1. The number of amides is 1. The van der Waals surface area contributed by atoms with Gasteiger partial charge < -0.3 is 20.1 Å². The summed E-state index contributed by atoms with van der Waals surface area (Å²) in [5.41, 5.74) is 0.173. The van der Waals surface area contributed by atoms with Crippen molar-refractivity contribution >= 4 is 11.6 Å². The van der Waals surface area contributed by atoms with E-state index in [-0.39, 0.29) is 50.0 Å². The number of aromatic nitrogens is 2. The number of aryl methyl sites for hydroxylation is 1. The van der Waals surface area contributed by atoms with E-state index in [4.69, 9.17) is 4.42 Å². The fourth-order valence-electron chi connectivity index (χ4n) is 3.36. The molecule has 9 heteroatoms. The van der Waals surface area contributed by atoms with Crippen molar-refractivity contribution in [2.75, 3.05) is 13.1 Å². The van der Waals surface area contributed by atoms with Crippen LogP contribution in [0.1, 0.15) is 34.6 Å². The molecular formula is C19H17F3N3O2Y-. The standard InChI is InChI=1S/C19H17F3N3O2.Y/c1-12-16(18(26)24-6-3-2-4-7-24)23-17-15(19(20,21)22)9-14(10-25(12)17)13-5-8-27-11-13;/h2,5,8-11H,3-4,6-7H2,1H3;/q-1;. The average Bonchev–Trinajstić information content (AvgIpc) is 3.29. The number of alkyl halides is 3. The van der Waals surface area contributed by atoms with Gasteiger partial charge in [0, 0.05) is 50.0 Å². The predicted molar refractivity (Wildman–Crippen MR) is 92.1 cm³/mol. The van der Waals surface area contributed by atoms with Crippen LogP contribution in [-0.2, 0) is 38.9 Å². The van der Waals surface area contributed by atoms with Crippen molar-refractivity contribution in [2.45, 2.75) is 25.9 Å². The van der Waals surface area contributed by atoms with Gasteiger partial charge in [0.05, 0.1) is 23.8 Å². The Kier molecular flexibility index (Phi) is 6.01. The van der Waals surface area contributed by atoms with Crippen molar-refractivity contribution in [3.8, 4) is 11.1 Å². The van der Waals surface area contributed by atoms with Crippen molar-refractivity contribution in [1.82, 2.24) is 14.3 Å². The summed E-state index contributed by atoms with van der Waals surface area (Å²) in [7, 11) is 0. The molecule has 0 bridgehead atoms.